The largest absolute Gasteiger partial charge is 0.462 e. The molecular weight excluding hydrogens is 316 g/mol. The van der Waals surface area contributed by atoms with E-state index in [1.807, 2.05) is 13.0 Å². The number of hydrogen-bond donors (Lipinski definition) is 2. The molecule has 1 heterocycles. The highest BCUT2D eigenvalue weighted by Gasteiger charge is 2.06. The number of nitrogens with two attached hydrogens (primary N) is 1. The van der Waals surface area contributed by atoms with Gasteiger partial charge in [-0.15, -0.1) is 0 Å². The van der Waals surface area contributed by atoms with Crippen LogP contribution in [0.25, 0.3) is 6.08 Å². The lowest BCUT2D eigenvalue weighted by molar-refractivity contribution is -0.116. The molecule has 0 radical (unpaired) electrons. The fourth-order valence-corrected chi connectivity index (χ4v) is 2.45. The molecule has 2 rings (SSSR count). The second kappa shape index (κ2) is 7.26. The molecule has 1 amide bonds. The third-order valence-electron chi connectivity index (χ3n) is 3.12. The third kappa shape index (κ3) is 5.39. The van der Waals surface area contributed by atoms with E-state index >= 15 is 0 Å². The van der Waals surface area contributed by atoms with Crippen molar-refractivity contribution < 1.29 is 17.6 Å². The molecule has 2 aromatic rings. The zero-order valence-corrected chi connectivity index (χ0v) is 13.5. The molecule has 1 aromatic carbocycles. The standard InChI is InChI=1S/C16H18N2O4S/c1-12-2-5-14(22-12)6-9-16(19)18-11-10-13-3-7-15(8-4-13)23(17,20)21/h2-9H,10-11H2,1H3,(H,18,19)(H2,17,20,21)/b9-6+. The van der Waals surface area contributed by atoms with Crippen molar-refractivity contribution in [1.29, 1.82) is 0 Å². The van der Waals surface area contributed by atoms with Gasteiger partial charge in [-0.3, -0.25) is 4.79 Å². The van der Waals surface area contributed by atoms with Crippen LogP contribution in [0.3, 0.4) is 0 Å². The van der Waals surface area contributed by atoms with Gasteiger partial charge in [0.05, 0.1) is 4.90 Å². The normalized spacial score (nSPS) is 11.7. The van der Waals surface area contributed by atoms with E-state index in [4.69, 9.17) is 9.56 Å². The molecule has 0 aliphatic rings. The highest BCUT2D eigenvalue weighted by atomic mass is 32.2. The molecule has 0 bridgehead atoms. The molecule has 0 atom stereocenters. The molecule has 0 saturated heterocycles. The first-order valence-corrected chi connectivity index (χ1v) is 8.53. The lowest BCUT2D eigenvalue weighted by atomic mass is 10.1. The molecule has 3 N–H and O–H groups in total. The Morgan fingerprint density at radius 2 is 1.91 bits per heavy atom. The molecule has 7 heteroatoms. The Kier molecular flexibility index (Phi) is 5.36. The van der Waals surface area contributed by atoms with E-state index in [0.29, 0.717) is 18.7 Å². The van der Waals surface area contributed by atoms with E-state index in [9.17, 15) is 13.2 Å². The summed E-state index contributed by atoms with van der Waals surface area (Å²) in [5.74, 6) is 1.18. The highest BCUT2D eigenvalue weighted by molar-refractivity contribution is 7.89. The Morgan fingerprint density at radius 3 is 2.48 bits per heavy atom. The summed E-state index contributed by atoms with van der Waals surface area (Å²) in [6.07, 6.45) is 3.59. The van der Waals surface area contributed by atoms with E-state index in [1.54, 1.807) is 24.3 Å². The second-order valence-electron chi connectivity index (χ2n) is 5.01. The number of benzene rings is 1. The van der Waals surface area contributed by atoms with Crippen LogP contribution in [0, 0.1) is 6.92 Å². The van der Waals surface area contributed by atoms with Gasteiger partial charge in [0.1, 0.15) is 11.5 Å². The lowest BCUT2D eigenvalue weighted by Crippen LogP contribution is -2.23. The van der Waals surface area contributed by atoms with Gasteiger partial charge in [-0.25, -0.2) is 13.6 Å². The summed E-state index contributed by atoms with van der Waals surface area (Å²) in [6, 6.07) is 9.85. The molecule has 0 aliphatic carbocycles. The molecule has 0 aliphatic heterocycles. The highest BCUT2D eigenvalue weighted by Crippen LogP contribution is 2.09. The minimum atomic E-state index is -3.67. The molecule has 0 saturated carbocycles. The van der Waals surface area contributed by atoms with Crippen LogP contribution in [-0.2, 0) is 21.2 Å². The van der Waals surface area contributed by atoms with E-state index in [0.717, 1.165) is 11.3 Å². The number of furan rings is 1. The molecule has 122 valence electrons. The Hall–Kier alpha value is -2.38. The van der Waals surface area contributed by atoms with Crippen LogP contribution in [0.15, 0.2) is 51.8 Å². The van der Waals surface area contributed by atoms with Crippen LogP contribution >= 0.6 is 0 Å². The maximum atomic E-state index is 11.7. The predicted molar refractivity (Wildman–Crippen MR) is 87.0 cm³/mol. The SMILES string of the molecule is Cc1ccc(/C=C/C(=O)NCCc2ccc(S(N)(=O)=O)cc2)o1. The summed E-state index contributed by atoms with van der Waals surface area (Å²) in [5.41, 5.74) is 0.906. The van der Waals surface area contributed by atoms with Crippen molar-refractivity contribution in [3.05, 3.63) is 59.6 Å². The fraction of sp³-hybridized carbons (Fsp3) is 0.188. The topological polar surface area (TPSA) is 102 Å². The van der Waals surface area contributed by atoms with E-state index in [-0.39, 0.29) is 10.8 Å². The number of rotatable bonds is 6. The second-order valence-corrected chi connectivity index (χ2v) is 6.57. The Bertz CT molecular complexity index is 805. The molecule has 0 fully saturated rings. The summed E-state index contributed by atoms with van der Waals surface area (Å²) in [6.45, 7) is 2.27. The number of hydrogen-bond acceptors (Lipinski definition) is 4. The van der Waals surface area contributed by atoms with Crippen molar-refractivity contribution in [3.63, 3.8) is 0 Å². The predicted octanol–water partition coefficient (Wildman–Crippen LogP) is 1.61. The average molecular weight is 334 g/mol. The van der Waals surface area contributed by atoms with Crippen molar-refractivity contribution in [2.75, 3.05) is 6.54 Å². The van der Waals surface area contributed by atoms with E-state index in [2.05, 4.69) is 5.32 Å². The number of nitrogens with one attached hydrogen (secondary N) is 1. The van der Waals surface area contributed by atoms with Gasteiger partial charge >= 0.3 is 0 Å². The number of carbonyl (C=O) groups is 1. The van der Waals surface area contributed by atoms with Crippen molar-refractivity contribution >= 4 is 22.0 Å². The molecule has 6 nitrogen and oxygen atoms in total. The number of carbonyl (C=O) groups excluding carboxylic acids is 1. The number of primary sulfonamides is 1. The Morgan fingerprint density at radius 1 is 1.22 bits per heavy atom. The molecule has 1 aromatic heterocycles. The van der Waals surface area contributed by atoms with Crippen LogP contribution in [-0.4, -0.2) is 20.9 Å². The van der Waals surface area contributed by atoms with Crippen molar-refractivity contribution in [2.24, 2.45) is 5.14 Å². The van der Waals surface area contributed by atoms with Gasteiger partial charge in [0, 0.05) is 12.6 Å². The Balaban J connectivity index is 1.80. The van der Waals surface area contributed by atoms with E-state index in [1.165, 1.54) is 18.2 Å². The summed E-state index contributed by atoms with van der Waals surface area (Å²) in [4.78, 5) is 11.7. The van der Waals surface area contributed by atoms with E-state index < -0.39 is 10.0 Å². The average Bonchev–Trinajstić information content (AvgIpc) is 2.90. The first kappa shape index (κ1) is 17.0. The van der Waals surface area contributed by atoms with Gasteiger partial charge in [0.25, 0.3) is 0 Å². The van der Waals surface area contributed by atoms with Crippen LogP contribution in [0.5, 0.6) is 0 Å². The summed E-state index contributed by atoms with van der Waals surface area (Å²) < 4.78 is 27.6. The molecular formula is C16H18N2O4S. The number of aryl methyl sites for hydroxylation is 1. The van der Waals surface area contributed by atoms with Crippen LogP contribution in [0.2, 0.25) is 0 Å². The summed E-state index contributed by atoms with van der Waals surface area (Å²) >= 11 is 0. The zero-order chi connectivity index (χ0) is 16.9. The van der Waals surface area contributed by atoms with Crippen molar-refractivity contribution in [3.8, 4) is 0 Å². The minimum absolute atomic E-state index is 0.0713. The summed E-state index contributed by atoms with van der Waals surface area (Å²) in [5, 5.41) is 7.77. The van der Waals surface area contributed by atoms with Gasteiger partial charge in [-0.2, -0.15) is 0 Å². The number of sulfonamides is 1. The summed E-state index contributed by atoms with van der Waals surface area (Å²) in [7, 11) is -3.67. The van der Waals surface area contributed by atoms with Gasteiger partial charge < -0.3 is 9.73 Å². The van der Waals surface area contributed by atoms with Crippen molar-refractivity contribution in [1.82, 2.24) is 5.32 Å². The van der Waals surface area contributed by atoms with Crippen LogP contribution in [0.4, 0.5) is 0 Å². The van der Waals surface area contributed by atoms with Gasteiger partial charge in [-0.1, -0.05) is 12.1 Å². The van der Waals surface area contributed by atoms with Gasteiger partial charge in [0.15, 0.2) is 0 Å². The van der Waals surface area contributed by atoms with Crippen molar-refractivity contribution in [2.45, 2.75) is 18.2 Å². The monoisotopic (exact) mass is 334 g/mol. The molecule has 0 unspecified atom stereocenters. The Labute approximate surface area is 135 Å². The number of amides is 1. The van der Waals surface area contributed by atoms with Gasteiger partial charge in [0.2, 0.25) is 15.9 Å². The van der Waals surface area contributed by atoms with Gasteiger partial charge in [-0.05, 0) is 49.2 Å². The maximum Gasteiger partial charge on any atom is 0.244 e. The lowest BCUT2D eigenvalue weighted by Gasteiger charge is -2.04. The molecule has 23 heavy (non-hydrogen) atoms. The van der Waals surface area contributed by atoms with Crippen LogP contribution < -0.4 is 10.5 Å². The quantitative estimate of drug-likeness (QED) is 0.783. The first-order chi connectivity index (χ1) is 10.8. The first-order valence-electron chi connectivity index (χ1n) is 6.99. The smallest absolute Gasteiger partial charge is 0.244 e. The maximum absolute atomic E-state index is 11.7. The van der Waals surface area contributed by atoms with Crippen LogP contribution in [0.1, 0.15) is 17.1 Å². The third-order valence-corrected chi connectivity index (χ3v) is 4.05. The minimum Gasteiger partial charge on any atom is -0.462 e. The molecule has 0 spiro atoms. The zero-order valence-electron chi connectivity index (χ0n) is 12.7. The fourth-order valence-electron chi connectivity index (χ4n) is 1.94.